The third kappa shape index (κ3) is 3.65. The predicted molar refractivity (Wildman–Crippen MR) is 140 cm³/mol. The number of amides is 1. The summed E-state index contributed by atoms with van der Waals surface area (Å²) in [7, 11) is 0. The largest absolute Gasteiger partial charge is 0.494 e. The van der Waals surface area contributed by atoms with E-state index in [-0.39, 0.29) is 11.8 Å². The first-order chi connectivity index (χ1) is 17.1. The highest BCUT2D eigenvalue weighted by atomic mass is 16.3. The van der Waals surface area contributed by atoms with Crippen LogP contribution in [-0.2, 0) is 0 Å². The summed E-state index contributed by atoms with van der Waals surface area (Å²) < 4.78 is 0. The topological polar surface area (TPSA) is 65.5 Å². The number of nitrogens with one attached hydrogen (secondary N) is 1. The number of aromatic amines is 1. The molecule has 4 heteroatoms. The standard InChI is InChI=1S/C31H22N2O2/c1-19-7-9-21(10-8-19)23-13-17-25(18-14-23)29-27-26(30(34)33-29)28(32-31(27)35)24-15-11-22(12-16-24)20-5-3-2-4-6-20/h2-18,32,35H,1H3. The number of rotatable bonds is 4. The van der Waals surface area contributed by atoms with Gasteiger partial charge in [-0.05, 0) is 34.7 Å². The lowest BCUT2D eigenvalue weighted by Crippen LogP contribution is -1.99. The molecule has 5 aromatic rings. The van der Waals surface area contributed by atoms with Crippen LogP contribution in [0.5, 0.6) is 5.88 Å². The number of hydrogen-bond donors (Lipinski definition) is 2. The summed E-state index contributed by atoms with van der Waals surface area (Å²) >= 11 is 0. The Morgan fingerprint density at radius 3 is 1.69 bits per heavy atom. The van der Waals surface area contributed by atoms with Crippen LogP contribution in [0.1, 0.15) is 27.0 Å². The first-order valence-electron chi connectivity index (χ1n) is 11.5. The molecule has 4 aromatic carbocycles. The minimum Gasteiger partial charge on any atom is -0.494 e. The van der Waals surface area contributed by atoms with Gasteiger partial charge in [0.2, 0.25) is 0 Å². The maximum absolute atomic E-state index is 12.9. The van der Waals surface area contributed by atoms with Crippen molar-refractivity contribution in [3.63, 3.8) is 0 Å². The van der Waals surface area contributed by atoms with Gasteiger partial charge >= 0.3 is 0 Å². The first kappa shape index (κ1) is 20.9. The number of aliphatic imine (C=N–C) groups is 1. The summed E-state index contributed by atoms with van der Waals surface area (Å²) in [4.78, 5) is 20.3. The number of nitrogens with zero attached hydrogens (tertiary/aromatic N) is 1. The third-order valence-electron chi connectivity index (χ3n) is 6.47. The SMILES string of the molecule is Cc1ccc(-c2ccc(C3=NC(=O)c4c(-c5ccc(-c6ccccc6)cc5)[nH]c(O)c43)cc2)cc1. The van der Waals surface area contributed by atoms with Crippen molar-refractivity contribution in [1.29, 1.82) is 0 Å². The van der Waals surface area contributed by atoms with E-state index in [1.807, 2.05) is 66.7 Å². The Morgan fingerprint density at radius 1 is 0.600 bits per heavy atom. The van der Waals surface area contributed by atoms with Gasteiger partial charge in [-0.2, -0.15) is 0 Å². The maximum Gasteiger partial charge on any atom is 0.280 e. The molecule has 0 aliphatic carbocycles. The molecule has 35 heavy (non-hydrogen) atoms. The van der Waals surface area contributed by atoms with Crippen LogP contribution in [0.15, 0.2) is 108 Å². The molecule has 0 bridgehead atoms. The van der Waals surface area contributed by atoms with Gasteiger partial charge in [0.15, 0.2) is 5.88 Å². The molecule has 0 saturated heterocycles. The summed E-state index contributed by atoms with van der Waals surface area (Å²) in [5.41, 5.74) is 9.16. The van der Waals surface area contributed by atoms with E-state index in [0.717, 1.165) is 33.4 Å². The van der Waals surface area contributed by atoms with Crippen LogP contribution in [0.25, 0.3) is 33.5 Å². The minimum atomic E-state index is -0.351. The molecule has 1 amide bonds. The van der Waals surface area contributed by atoms with Crippen molar-refractivity contribution in [3.8, 4) is 39.4 Å². The lowest BCUT2D eigenvalue weighted by Gasteiger charge is -2.05. The zero-order valence-electron chi connectivity index (χ0n) is 19.1. The quantitative estimate of drug-likeness (QED) is 0.306. The molecule has 1 aromatic heterocycles. The van der Waals surface area contributed by atoms with Crippen molar-refractivity contribution in [2.75, 3.05) is 0 Å². The summed E-state index contributed by atoms with van der Waals surface area (Å²) in [5.74, 6) is -0.398. The Balaban J connectivity index is 1.34. The third-order valence-corrected chi connectivity index (χ3v) is 6.47. The van der Waals surface area contributed by atoms with Crippen LogP contribution in [0.4, 0.5) is 0 Å². The highest BCUT2D eigenvalue weighted by Crippen LogP contribution is 2.38. The van der Waals surface area contributed by atoms with Crippen molar-refractivity contribution in [3.05, 3.63) is 125 Å². The van der Waals surface area contributed by atoms with Crippen molar-refractivity contribution >= 4 is 11.6 Å². The molecule has 168 valence electrons. The zero-order chi connectivity index (χ0) is 23.9. The maximum atomic E-state index is 12.9. The van der Waals surface area contributed by atoms with Crippen molar-refractivity contribution < 1.29 is 9.90 Å². The Labute approximate surface area is 203 Å². The fourth-order valence-electron chi connectivity index (χ4n) is 4.60. The second kappa shape index (κ2) is 8.26. The Hall–Kier alpha value is -4.70. The molecule has 2 heterocycles. The van der Waals surface area contributed by atoms with Gasteiger partial charge in [0, 0.05) is 5.56 Å². The minimum absolute atomic E-state index is 0.0469. The molecule has 0 saturated carbocycles. The molecule has 0 fully saturated rings. The molecule has 0 unspecified atom stereocenters. The summed E-state index contributed by atoms with van der Waals surface area (Å²) in [5, 5.41) is 10.8. The smallest absolute Gasteiger partial charge is 0.280 e. The van der Waals surface area contributed by atoms with E-state index < -0.39 is 0 Å². The fourth-order valence-corrected chi connectivity index (χ4v) is 4.60. The molecule has 0 atom stereocenters. The predicted octanol–water partition coefficient (Wildman–Crippen LogP) is 7.02. The molecule has 0 spiro atoms. The van der Waals surface area contributed by atoms with Crippen LogP contribution in [0, 0.1) is 6.92 Å². The average molecular weight is 455 g/mol. The number of carbonyl (C=O) groups is 1. The molecular weight excluding hydrogens is 432 g/mol. The number of benzene rings is 4. The van der Waals surface area contributed by atoms with E-state index in [2.05, 4.69) is 53.3 Å². The lowest BCUT2D eigenvalue weighted by molar-refractivity contribution is 0.101. The van der Waals surface area contributed by atoms with Crippen molar-refractivity contribution in [2.24, 2.45) is 4.99 Å². The molecule has 6 rings (SSSR count). The van der Waals surface area contributed by atoms with E-state index in [1.165, 1.54) is 5.56 Å². The Bertz CT molecular complexity index is 1580. The van der Waals surface area contributed by atoms with Crippen molar-refractivity contribution in [2.45, 2.75) is 6.92 Å². The Kier molecular flexibility index (Phi) is 4.93. The van der Waals surface area contributed by atoms with Gasteiger partial charge in [-0.1, -0.05) is 109 Å². The number of aromatic hydroxyl groups is 1. The van der Waals surface area contributed by atoms with Gasteiger partial charge in [0.05, 0.1) is 22.5 Å². The molecule has 4 nitrogen and oxygen atoms in total. The van der Waals surface area contributed by atoms with Crippen LogP contribution in [-0.4, -0.2) is 21.7 Å². The average Bonchev–Trinajstić information content (AvgIpc) is 3.43. The fraction of sp³-hybridized carbons (Fsp3) is 0.0323. The van der Waals surface area contributed by atoms with Gasteiger partial charge in [0.1, 0.15) is 0 Å². The molecule has 2 N–H and O–H groups in total. The van der Waals surface area contributed by atoms with Crippen LogP contribution in [0.2, 0.25) is 0 Å². The van der Waals surface area contributed by atoms with Gasteiger partial charge in [-0.25, -0.2) is 4.99 Å². The zero-order valence-corrected chi connectivity index (χ0v) is 19.1. The van der Waals surface area contributed by atoms with Gasteiger partial charge in [0.25, 0.3) is 5.91 Å². The lowest BCUT2D eigenvalue weighted by atomic mass is 9.97. The van der Waals surface area contributed by atoms with Crippen LogP contribution in [0.3, 0.4) is 0 Å². The highest BCUT2D eigenvalue weighted by Gasteiger charge is 2.33. The monoisotopic (exact) mass is 454 g/mol. The van der Waals surface area contributed by atoms with Crippen molar-refractivity contribution in [1.82, 2.24) is 4.98 Å². The van der Waals surface area contributed by atoms with E-state index in [9.17, 15) is 9.90 Å². The van der Waals surface area contributed by atoms with E-state index in [1.54, 1.807) is 0 Å². The normalized spacial score (nSPS) is 12.5. The van der Waals surface area contributed by atoms with E-state index >= 15 is 0 Å². The number of H-pyrrole nitrogens is 1. The van der Waals surface area contributed by atoms with Crippen LogP contribution >= 0.6 is 0 Å². The number of hydrogen-bond acceptors (Lipinski definition) is 2. The number of fused-ring (bicyclic) bond motifs is 1. The van der Waals surface area contributed by atoms with Crippen LogP contribution < -0.4 is 0 Å². The number of aryl methyl sites for hydroxylation is 1. The van der Waals surface area contributed by atoms with Gasteiger partial charge < -0.3 is 10.1 Å². The Morgan fingerprint density at radius 2 is 1.09 bits per heavy atom. The number of carbonyl (C=O) groups excluding carboxylic acids is 1. The molecule has 0 radical (unpaired) electrons. The second-order valence-corrected chi connectivity index (χ2v) is 8.75. The highest BCUT2D eigenvalue weighted by molar-refractivity contribution is 6.30. The van der Waals surface area contributed by atoms with Gasteiger partial charge in [-0.15, -0.1) is 0 Å². The summed E-state index contributed by atoms with van der Waals surface area (Å²) in [6, 6.07) is 34.3. The van der Waals surface area contributed by atoms with E-state index in [4.69, 9.17) is 0 Å². The second-order valence-electron chi connectivity index (χ2n) is 8.75. The summed E-state index contributed by atoms with van der Waals surface area (Å²) in [6.45, 7) is 2.06. The van der Waals surface area contributed by atoms with E-state index in [0.29, 0.717) is 22.5 Å². The molecule has 1 aliphatic rings. The summed E-state index contributed by atoms with van der Waals surface area (Å²) in [6.07, 6.45) is 0. The molecule has 1 aliphatic heterocycles. The first-order valence-corrected chi connectivity index (χ1v) is 11.5. The molecular formula is C31H22N2O2. The number of aromatic nitrogens is 1. The van der Waals surface area contributed by atoms with Gasteiger partial charge in [-0.3, -0.25) is 4.79 Å².